The van der Waals surface area contributed by atoms with Crippen LogP contribution in [0, 0.1) is 6.92 Å². The smallest absolute Gasteiger partial charge is 0.303 e. The lowest BCUT2D eigenvalue weighted by Crippen LogP contribution is -2.29. The van der Waals surface area contributed by atoms with Gasteiger partial charge in [0.05, 0.1) is 15.9 Å². The van der Waals surface area contributed by atoms with Gasteiger partial charge in [-0.15, -0.1) is 0 Å². The Bertz CT molecular complexity index is 1100. The number of hydrogen-bond acceptors (Lipinski definition) is 6. The van der Waals surface area contributed by atoms with Crippen molar-refractivity contribution < 1.29 is 19.1 Å². The Kier molecular flexibility index (Phi) is 6.24. The van der Waals surface area contributed by atoms with Gasteiger partial charge in [-0.2, -0.15) is 0 Å². The zero-order valence-corrected chi connectivity index (χ0v) is 18.0. The summed E-state index contributed by atoms with van der Waals surface area (Å²) in [5, 5.41) is 9.25. The van der Waals surface area contributed by atoms with Crippen LogP contribution < -0.4 is 5.43 Å². The largest absolute Gasteiger partial charge is 0.481 e. The molecule has 6 nitrogen and oxygen atoms in total. The Morgan fingerprint density at radius 2 is 2.07 bits per heavy atom. The molecule has 152 valence electrons. The minimum atomic E-state index is -0.920. The first-order chi connectivity index (χ1) is 13.7. The lowest BCUT2D eigenvalue weighted by Gasteiger charge is -2.13. The van der Waals surface area contributed by atoms with Crippen LogP contribution in [-0.2, 0) is 9.59 Å². The fourth-order valence-electron chi connectivity index (χ4n) is 3.08. The quantitative estimate of drug-likeness (QED) is 0.539. The number of hydrogen-bond donors (Lipinski definition) is 1. The van der Waals surface area contributed by atoms with Crippen LogP contribution in [0.1, 0.15) is 49.5 Å². The van der Waals surface area contributed by atoms with E-state index in [1.807, 2.05) is 26.0 Å². The first kappa shape index (κ1) is 21.3. The molecule has 1 amide bonds. The fraction of sp³-hybridized carbons (Fsp3) is 0.333. The zero-order valence-electron chi connectivity index (χ0n) is 16.4. The highest BCUT2D eigenvalue weighted by Gasteiger charge is 2.32. The maximum Gasteiger partial charge on any atom is 0.303 e. The first-order valence-corrected chi connectivity index (χ1v) is 10.5. The number of nitrogens with zero attached hydrogens (tertiary/aromatic N) is 1. The topological polar surface area (TPSA) is 87.8 Å². The van der Waals surface area contributed by atoms with Crippen molar-refractivity contribution >= 4 is 57.2 Å². The molecule has 1 fully saturated rings. The number of carboxylic acid groups (broad SMARTS) is 1. The van der Waals surface area contributed by atoms with E-state index in [4.69, 9.17) is 21.7 Å². The highest BCUT2D eigenvalue weighted by atomic mass is 32.2. The lowest BCUT2D eigenvalue weighted by molar-refractivity contribution is -0.137. The Labute approximate surface area is 177 Å². The number of benzene rings is 1. The number of amides is 1. The van der Waals surface area contributed by atoms with E-state index in [0.29, 0.717) is 37.9 Å². The van der Waals surface area contributed by atoms with Crippen LogP contribution in [0.4, 0.5) is 0 Å². The van der Waals surface area contributed by atoms with Crippen molar-refractivity contribution in [3.63, 3.8) is 0 Å². The van der Waals surface area contributed by atoms with Crippen molar-refractivity contribution in [2.75, 3.05) is 6.54 Å². The van der Waals surface area contributed by atoms with E-state index in [1.54, 1.807) is 13.0 Å². The highest BCUT2D eigenvalue weighted by Crippen LogP contribution is 2.33. The predicted octanol–water partition coefficient (Wildman–Crippen LogP) is 4.29. The van der Waals surface area contributed by atoms with Gasteiger partial charge in [0.2, 0.25) is 0 Å². The van der Waals surface area contributed by atoms with Gasteiger partial charge in [-0.25, -0.2) is 0 Å². The van der Waals surface area contributed by atoms with E-state index >= 15 is 0 Å². The number of thioether (sulfide) groups is 1. The third-order valence-corrected chi connectivity index (χ3v) is 6.10. The fourth-order valence-corrected chi connectivity index (χ4v) is 4.37. The second kappa shape index (κ2) is 8.51. The molecule has 1 aromatic carbocycles. The molecule has 29 heavy (non-hydrogen) atoms. The molecular formula is C21H21NO5S2. The van der Waals surface area contributed by atoms with Crippen molar-refractivity contribution in [2.45, 2.75) is 39.5 Å². The zero-order chi connectivity index (χ0) is 21.3. The summed E-state index contributed by atoms with van der Waals surface area (Å²) < 4.78 is 6.18. The number of rotatable bonds is 6. The second-order valence-corrected chi connectivity index (χ2v) is 8.82. The predicted molar refractivity (Wildman–Crippen MR) is 118 cm³/mol. The molecule has 2 aromatic rings. The van der Waals surface area contributed by atoms with Crippen molar-refractivity contribution in [3.8, 4) is 0 Å². The summed E-state index contributed by atoms with van der Waals surface area (Å²) in [5.41, 5.74) is 1.67. The average Bonchev–Trinajstić information content (AvgIpc) is 2.91. The van der Waals surface area contributed by atoms with Gasteiger partial charge in [-0.05, 0) is 43.0 Å². The molecule has 1 aliphatic rings. The van der Waals surface area contributed by atoms with Crippen LogP contribution >= 0.6 is 24.0 Å². The Morgan fingerprint density at radius 1 is 1.34 bits per heavy atom. The average molecular weight is 432 g/mol. The molecule has 1 aromatic heterocycles. The number of carboxylic acids is 1. The van der Waals surface area contributed by atoms with Crippen molar-refractivity contribution in [1.82, 2.24) is 4.90 Å². The molecule has 0 radical (unpaired) electrons. The molecule has 0 atom stereocenters. The molecule has 1 aliphatic heterocycles. The van der Waals surface area contributed by atoms with Crippen LogP contribution in [0.2, 0.25) is 0 Å². The SMILES string of the molecule is Cc1oc2ccc(C(C)C)cc2c(=O)c1/C=C1\SC(=S)N(CCCC(=O)O)C1=O. The number of aryl methyl sites for hydroxylation is 1. The lowest BCUT2D eigenvalue weighted by atomic mass is 10.0. The third kappa shape index (κ3) is 4.43. The molecule has 0 unspecified atom stereocenters. The van der Waals surface area contributed by atoms with Crippen LogP contribution in [0.5, 0.6) is 0 Å². The van der Waals surface area contributed by atoms with Crippen molar-refractivity contribution in [1.29, 1.82) is 0 Å². The highest BCUT2D eigenvalue weighted by molar-refractivity contribution is 8.26. The summed E-state index contributed by atoms with van der Waals surface area (Å²) in [5.74, 6) is -0.544. The van der Waals surface area contributed by atoms with Gasteiger partial charge in [-0.1, -0.05) is 43.9 Å². The molecular weight excluding hydrogens is 410 g/mol. The van der Waals surface area contributed by atoms with Gasteiger partial charge >= 0.3 is 5.97 Å². The van der Waals surface area contributed by atoms with Crippen LogP contribution in [0.25, 0.3) is 17.0 Å². The normalized spacial score (nSPS) is 15.9. The molecule has 1 N–H and O–H groups in total. The molecule has 1 saturated heterocycles. The number of carbonyl (C=O) groups is 2. The van der Waals surface area contributed by atoms with Gasteiger partial charge in [0.15, 0.2) is 5.43 Å². The van der Waals surface area contributed by atoms with E-state index in [0.717, 1.165) is 17.3 Å². The van der Waals surface area contributed by atoms with E-state index in [2.05, 4.69) is 0 Å². The minimum absolute atomic E-state index is 0.0400. The van der Waals surface area contributed by atoms with Gasteiger partial charge in [0.25, 0.3) is 5.91 Å². The summed E-state index contributed by atoms with van der Waals surface area (Å²) in [6.45, 7) is 6.02. The molecule has 8 heteroatoms. The Morgan fingerprint density at radius 3 is 2.72 bits per heavy atom. The van der Waals surface area contributed by atoms with Crippen LogP contribution in [0.3, 0.4) is 0 Å². The van der Waals surface area contributed by atoms with Crippen molar-refractivity contribution in [3.05, 3.63) is 50.2 Å². The Hall–Kier alpha value is -2.45. The first-order valence-electron chi connectivity index (χ1n) is 9.23. The number of aliphatic carboxylic acids is 1. The standard InChI is InChI=1S/C21H21NO5S2/c1-11(2)13-6-7-16-15(9-13)19(25)14(12(3)27-16)10-17-20(26)22(21(28)29-17)8-4-5-18(23)24/h6-7,9-11H,4-5,8H2,1-3H3,(H,23,24)/b17-10-. The van der Waals surface area contributed by atoms with Crippen molar-refractivity contribution in [2.24, 2.45) is 0 Å². The van der Waals surface area contributed by atoms with E-state index in [-0.39, 0.29) is 30.2 Å². The monoisotopic (exact) mass is 431 g/mol. The molecule has 2 heterocycles. The number of fused-ring (bicyclic) bond motifs is 1. The molecule has 0 spiro atoms. The van der Waals surface area contributed by atoms with E-state index in [1.165, 1.54) is 11.0 Å². The maximum absolute atomic E-state index is 13.1. The number of carbonyl (C=O) groups excluding carboxylic acids is 1. The Balaban J connectivity index is 1.97. The maximum atomic E-state index is 13.1. The molecule has 3 rings (SSSR count). The molecule has 0 saturated carbocycles. The van der Waals surface area contributed by atoms with E-state index < -0.39 is 5.97 Å². The summed E-state index contributed by atoms with van der Waals surface area (Å²) in [6.07, 6.45) is 1.80. The number of thiocarbonyl (C=S) groups is 1. The van der Waals surface area contributed by atoms with E-state index in [9.17, 15) is 14.4 Å². The summed E-state index contributed by atoms with van der Waals surface area (Å²) in [7, 11) is 0. The third-order valence-electron chi connectivity index (χ3n) is 4.72. The van der Waals surface area contributed by atoms with Gasteiger partial charge in [0, 0.05) is 13.0 Å². The van der Waals surface area contributed by atoms with Gasteiger partial charge < -0.3 is 9.52 Å². The molecule has 0 bridgehead atoms. The summed E-state index contributed by atoms with van der Waals surface area (Å²) >= 11 is 6.36. The minimum Gasteiger partial charge on any atom is -0.481 e. The summed E-state index contributed by atoms with van der Waals surface area (Å²) in [4.78, 5) is 38.2. The second-order valence-electron chi connectivity index (χ2n) is 7.14. The molecule has 0 aliphatic carbocycles. The summed E-state index contributed by atoms with van der Waals surface area (Å²) in [6, 6.07) is 5.57. The van der Waals surface area contributed by atoms with Gasteiger partial charge in [0.1, 0.15) is 15.7 Å². The van der Waals surface area contributed by atoms with Gasteiger partial charge in [-0.3, -0.25) is 19.3 Å². The van der Waals surface area contributed by atoms with Crippen LogP contribution in [0.15, 0.2) is 32.3 Å². The van der Waals surface area contributed by atoms with Crippen LogP contribution in [-0.4, -0.2) is 32.7 Å².